The third-order valence-corrected chi connectivity index (χ3v) is 0. The van der Waals surface area contributed by atoms with E-state index in [1.54, 1.807) is 0 Å². The summed E-state index contributed by atoms with van der Waals surface area (Å²) in [6.07, 6.45) is 0. The van der Waals surface area contributed by atoms with Crippen LogP contribution in [0.4, 0.5) is 4.79 Å². The molecule has 0 rings (SSSR count). The van der Waals surface area contributed by atoms with Crippen LogP contribution in [0.3, 0.4) is 0 Å². The number of amides is 1. The molecule has 0 aliphatic carbocycles. The van der Waals surface area contributed by atoms with Crippen LogP contribution in [0.15, 0.2) is 0 Å². The highest BCUT2D eigenvalue weighted by Gasteiger charge is 1.66. The third-order valence-electron chi connectivity index (χ3n) is 0. The fourth-order valence-corrected chi connectivity index (χ4v) is 0. The molecule has 0 radical (unpaired) electrons. The molecule has 0 aromatic heterocycles. The lowest BCUT2D eigenvalue weighted by Gasteiger charge is -1.56. The predicted molar refractivity (Wildman–Crippen MR) is 20.5 cm³/mol. The Morgan fingerprint density at radius 3 is 1.80 bits per heavy atom. The van der Waals surface area contributed by atoms with Gasteiger partial charge in [-0.2, -0.15) is 0 Å². The van der Waals surface area contributed by atoms with Gasteiger partial charge in [0.25, 0.3) is 0 Å². The summed E-state index contributed by atoms with van der Waals surface area (Å²) < 4.78 is 0. The molecule has 0 aliphatic rings. The second kappa shape index (κ2) is 3.72. The highest BCUT2D eigenvalue weighted by molar-refractivity contribution is 6.62. The van der Waals surface area contributed by atoms with Crippen molar-refractivity contribution in [2.45, 2.75) is 0 Å². The Bertz CT molecular complexity index is 32.6. The summed E-state index contributed by atoms with van der Waals surface area (Å²) in [6, 6.07) is 0. The van der Waals surface area contributed by atoms with Gasteiger partial charge in [0.2, 0.25) is 0 Å². The monoisotopic (exact) mass is 96.0 g/mol. The third kappa shape index (κ3) is 140. The molecule has 0 aliphatic heterocycles. The quantitative estimate of drug-likeness (QED) is 0.340. The van der Waals surface area contributed by atoms with Crippen molar-refractivity contribution < 1.29 is 4.79 Å². The molecule has 0 saturated carbocycles. The molecule has 0 heterocycles. The summed E-state index contributed by atoms with van der Waals surface area (Å²) >= 11 is 4.41. The van der Waals surface area contributed by atoms with E-state index in [-0.39, 0.29) is 6.15 Å². The Hall–Kier alpha value is -0.280. The van der Waals surface area contributed by atoms with E-state index >= 15 is 0 Å². The van der Waals surface area contributed by atoms with Crippen LogP contribution in [0.5, 0.6) is 0 Å². The molecule has 32 valence electrons. The van der Waals surface area contributed by atoms with Crippen molar-refractivity contribution in [3.63, 3.8) is 0 Å². The second-order valence-electron chi connectivity index (χ2n) is 0.304. The predicted octanol–water partition coefficient (Wildman–Crippen LogP) is 0.466. The van der Waals surface area contributed by atoms with E-state index in [1.807, 2.05) is 0 Å². The topological polar surface area (TPSA) is 78.1 Å². The number of halogens is 1. The van der Waals surface area contributed by atoms with Gasteiger partial charge in [-0.25, -0.2) is 0 Å². The fraction of sp³-hybridized carbons (Fsp3) is 0. The van der Waals surface area contributed by atoms with Gasteiger partial charge in [-0.05, 0) is 11.6 Å². The summed E-state index contributed by atoms with van der Waals surface area (Å²) in [4.78, 5) is 8.99. The van der Waals surface area contributed by atoms with E-state index in [4.69, 9.17) is 4.79 Å². The van der Waals surface area contributed by atoms with Crippen molar-refractivity contribution in [2.75, 3.05) is 0 Å². The first kappa shape index (κ1) is 8.83. The minimum Gasteiger partial charge on any atom is -0.356 e. The van der Waals surface area contributed by atoms with Gasteiger partial charge in [0.15, 0.2) is 0 Å². The summed E-state index contributed by atoms with van der Waals surface area (Å²) in [7, 11) is 0. The lowest BCUT2D eigenvalue weighted by atomic mass is 11.5. The van der Waals surface area contributed by atoms with Crippen LogP contribution >= 0.6 is 11.6 Å². The van der Waals surface area contributed by atoms with Crippen molar-refractivity contribution >= 4 is 17.0 Å². The van der Waals surface area contributed by atoms with E-state index in [0.29, 0.717) is 0 Å². The van der Waals surface area contributed by atoms with Crippen LogP contribution in [0.1, 0.15) is 0 Å². The minimum atomic E-state index is -0.861. The average Bonchev–Trinajstić information content (AvgIpc) is 0.811. The molecular weight excluding hydrogens is 91.5 g/mol. The van der Waals surface area contributed by atoms with Crippen molar-refractivity contribution in [3.05, 3.63) is 0 Å². The van der Waals surface area contributed by atoms with Gasteiger partial charge in [0.05, 0.1) is 0 Å². The molecule has 0 spiro atoms. The first-order valence-electron chi connectivity index (χ1n) is 0.682. The van der Waals surface area contributed by atoms with Crippen LogP contribution in [0, 0.1) is 0 Å². The molecule has 0 unspecified atom stereocenters. The van der Waals surface area contributed by atoms with Crippen LogP contribution in [0.2, 0.25) is 0 Å². The Labute approximate surface area is 34.7 Å². The Kier molecular flexibility index (Phi) is 6.57. The summed E-state index contributed by atoms with van der Waals surface area (Å²) in [6.45, 7) is 0. The van der Waals surface area contributed by atoms with Gasteiger partial charge in [-0.3, -0.25) is 4.79 Å². The first-order chi connectivity index (χ1) is 1.73. The zero-order chi connectivity index (χ0) is 3.58. The van der Waals surface area contributed by atoms with Crippen molar-refractivity contribution in [1.82, 2.24) is 6.15 Å². The largest absolute Gasteiger partial charge is 0.356 e. The van der Waals surface area contributed by atoms with E-state index in [9.17, 15) is 0 Å². The molecule has 0 aromatic carbocycles. The van der Waals surface area contributed by atoms with Gasteiger partial charge < -0.3 is 11.9 Å². The van der Waals surface area contributed by atoms with Crippen molar-refractivity contribution in [1.29, 1.82) is 0 Å². The molecule has 0 atom stereocenters. The van der Waals surface area contributed by atoms with Crippen molar-refractivity contribution in [2.24, 2.45) is 5.73 Å². The van der Waals surface area contributed by atoms with Gasteiger partial charge in [0.1, 0.15) is 0 Å². The summed E-state index contributed by atoms with van der Waals surface area (Å²) in [5.41, 5.74) is 4.24. The number of hydrogen-bond donors (Lipinski definition) is 2. The maximum Gasteiger partial charge on any atom is 0.311 e. The highest BCUT2D eigenvalue weighted by atomic mass is 35.5. The smallest absolute Gasteiger partial charge is 0.311 e. The van der Waals surface area contributed by atoms with E-state index < -0.39 is 5.37 Å². The van der Waals surface area contributed by atoms with Gasteiger partial charge in [-0.15, -0.1) is 0 Å². The molecule has 5 N–H and O–H groups in total. The summed E-state index contributed by atoms with van der Waals surface area (Å²) in [5, 5.41) is -0.861. The number of primary amides is 1. The first-order valence-corrected chi connectivity index (χ1v) is 1.06. The van der Waals surface area contributed by atoms with Crippen LogP contribution in [0.25, 0.3) is 0 Å². The van der Waals surface area contributed by atoms with Crippen LogP contribution in [-0.4, -0.2) is 5.37 Å². The SMILES string of the molecule is N.NC(=O)Cl. The van der Waals surface area contributed by atoms with Gasteiger partial charge in [0, 0.05) is 0 Å². The molecule has 0 saturated heterocycles. The van der Waals surface area contributed by atoms with Crippen LogP contribution in [-0.2, 0) is 0 Å². The fourth-order valence-electron chi connectivity index (χ4n) is 0. The van der Waals surface area contributed by atoms with E-state index in [2.05, 4.69) is 17.3 Å². The molecule has 1 amide bonds. The molecular formula is CH5ClN2O. The highest BCUT2D eigenvalue weighted by Crippen LogP contribution is 1.62. The standard InChI is InChI=1S/CH2ClNO.H3N/c2-1(3)4;/h(H2,3,4);1H3. The number of carbonyl (C=O) groups excluding carboxylic acids is 1. The Morgan fingerprint density at radius 2 is 1.80 bits per heavy atom. The average molecular weight is 96.5 g/mol. The van der Waals surface area contributed by atoms with E-state index in [1.165, 1.54) is 0 Å². The van der Waals surface area contributed by atoms with Crippen molar-refractivity contribution in [3.8, 4) is 0 Å². The lowest BCUT2D eigenvalue weighted by molar-refractivity contribution is 0.266. The number of hydrogen-bond acceptors (Lipinski definition) is 2. The second-order valence-corrected chi connectivity index (χ2v) is 0.677. The number of carbonyl (C=O) groups is 1. The zero-order valence-corrected chi connectivity index (χ0v) is 3.33. The van der Waals surface area contributed by atoms with Gasteiger partial charge >= 0.3 is 5.37 Å². The normalized spacial score (nSPS) is 5.00. The molecule has 0 bridgehead atoms. The number of nitrogens with two attached hydrogens (primary N) is 1. The molecule has 5 heavy (non-hydrogen) atoms. The lowest BCUT2D eigenvalue weighted by Crippen LogP contribution is -1.94. The Balaban J connectivity index is 0. The van der Waals surface area contributed by atoms with Crippen LogP contribution < -0.4 is 11.9 Å². The molecule has 0 fully saturated rings. The molecule has 0 aromatic rings. The molecule has 4 heteroatoms. The van der Waals surface area contributed by atoms with Gasteiger partial charge in [-0.1, -0.05) is 0 Å². The Morgan fingerprint density at radius 1 is 1.80 bits per heavy atom. The molecule has 3 nitrogen and oxygen atoms in total. The zero-order valence-electron chi connectivity index (χ0n) is 2.57. The number of rotatable bonds is 0. The maximum absolute atomic E-state index is 8.99. The maximum atomic E-state index is 8.99. The summed E-state index contributed by atoms with van der Waals surface area (Å²) in [5.74, 6) is 0. The van der Waals surface area contributed by atoms with E-state index in [0.717, 1.165) is 0 Å². The minimum absolute atomic E-state index is 0.